The van der Waals surface area contributed by atoms with Crippen molar-refractivity contribution >= 4 is 22.4 Å². The van der Waals surface area contributed by atoms with E-state index in [1.165, 1.54) is 11.3 Å². The van der Waals surface area contributed by atoms with Gasteiger partial charge in [0.15, 0.2) is 5.13 Å². The Hall–Kier alpha value is -1.79. The number of anilines is 1. The standard InChI is InChI=1S/C12H11N3O2S/c16-9-5-11(17)15(6-9)12-14-10(7-18-12)8-1-3-13-4-2-8/h1-4,7,9,16H,5-6H2. The van der Waals surface area contributed by atoms with Gasteiger partial charge < -0.3 is 5.11 Å². The average Bonchev–Trinajstić information content (AvgIpc) is 2.97. The third kappa shape index (κ3) is 2.00. The van der Waals surface area contributed by atoms with Gasteiger partial charge >= 0.3 is 0 Å². The van der Waals surface area contributed by atoms with Crippen molar-refractivity contribution in [1.29, 1.82) is 0 Å². The Morgan fingerprint density at radius 3 is 2.83 bits per heavy atom. The molecule has 2 aromatic heterocycles. The maximum atomic E-state index is 11.7. The summed E-state index contributed by atoms with van der Waals surface area (Å²) in [4.78, 5) is 21.6. The minimum absolute atomic E-state index is 0.0712. The predicted octanol–water partition coefficient (Wildman–Crippen LogP) is 1.30. The van der Waals surface area contributed by atoms with Crippen molar-refractivity contribution in [2.45, 2.75) is 12.5 Å². The largest absolute Gasteiger partial charge is 0.391 e. The molecule has 3 rings (SSSR count). The fourth-order valence-electron chi connectivity index (χ4n) is 1.92. The number of rotatable bonds is 2. The van der Waals surface area contributed by atoms with Gasteiger partial charge in [0.2, 0.25) is 5.91 Å². The Balaban J connectivity index is 1.88. The Bertz CT molecular complexity index is 570. The van der Waals surface area contributed by atoms with Crippen LogP contribution in [0.15, 0.2) is 29.9 Å². The third-order valence-electron chi connectivity index (χ3n) is 2.80. The number of nitrogens with zero attached hydrogens (tertiary/aromatic N) is 3. The van der Waals surface area contributed by atoms with Crippen molar-refractivity contribution in [3.63, 3.8) is 0 Å². The van der Waals surface area contributed by atoms with Crippen LogP contribution in [-0.4, -0.2) is 33.6 Å². The zero-order valence-electron chi connectivity index (χ0n) is 9.48. The molecule has 5 nitrogen and oxygen atoms in total. The van der Waals surface area contributed by atoms with Crippen LogP contribution in [0.3, 0.4) is 0 Å². The normalized spacial score (nSPS) is 19.5. The molecule has 92 valence electrons. The highest BCUT2D eigenvalue weighted by atomic mass is 32.1. The van der Waals surface area contributed by atoms with Crippen molar-refractivity contribution in [3.05, 3.63) is 29.9 Å². The fourth-order valence-corrected chi connectivity index (χ4v) is 2.78. The molecule has 1 unspecified atom stereocenters. The lowest BCUT2D eigenvalue weighted by atomic mass is 10.2. The third-order valence-corrected chi connectivity index (χ3v) is 3.67. The molecule has 1 atom stereocenters. The molecule has 6 heteroatoms. The summed E-state index contributed by atoms with van der Waals surface area (Å²) in [6, 6.07) is 3.75. The topological polar surface area (TPSA) is 66.3 Å². The number of β-amino-alcohol motifs (C(OH)–C–C–N with tert-alkyl or cyclic N) is 1. The molecule has 3 heterocycles. The van der Waals surface area contributed by atoms with E-state index in [9.17, 15) is 9.90 Å². The maximum Gasteiger partial charge on any atom is 0.231 e. The van der Waals surface area contributed by atoms with Crippen LogP contribution in [0.5, 0.6) is 0 Å². The van der Waals surface area contributed by atoms with E-state index in [-0.39, 0.29) is 12.3 Å². The van der Waals surface area contributed by atoms with Gasteiger partial charge in [-0.05, 0) is 12.1 Å². The Morgan fingerprint density at radius 2 is 2.17 bits per heavy atom. The first-order valence-corrected chi connectivity index (χ1v) is 6.46. The molecule has 0 aliphatic carbocycles. The van der Waals surface area contributed by atoms with Crippen molar-refractivity contribution in [3.8, 4) is 11.3 Å². The molecule has 0 radical (unpaired) electrons. The second-order valence-corrected chi connectivity index (χ2v) is 4.95. The molecular formula is C12H11N3O2S. The van der Waals surface area contributed by atoms with Gasteiger partial charge in [0, 0.05) is 23.3 Å². The van der Waals surface area contributed by atoms with E-state index >= 15 is 0 Å². The van der Waals surface area contributed by atoms with Gasteiger partial charge in [-0.3, -0.25) is 14.7 Å². The number of amides is 1. The maximum absolute atomic E-state index is 11.7. The zero-order valence-corrected chi connectivity index (χ0v) is 10.3. The molecule has 18 heavy (non-hydrogen) atoms. The van der Waals surface area contributed by atoms with Gasteiger partial charge in [-0.1, -0.05) is 0 Å². The van der Waals surface area contributed by atoms with Crippen LogP contribution in [-0.2, 0) is 4.79 Å². The summed E-state index contributed by atoms with van der Waals surface area (Å²) < 4.78 is 0. The molecular weight excluding hydrogens is 250 g/mol. The number of aliphatic hydroxyl groups excluding tert-OH is 1. The first-order chi connectivity index (χ1) is 8.74. The summed E-state index contributed by atoms with van der Waals surface area (Å²) in [6.45, 7) is 0.335. The highest BCUT2D eigenvalue weighted by molar-refractivity contribution is 7.14. The summed E-state index contributed by atoms with van der Waals surface area (Å²) >= 11 is 1.41. The SMILES string of the molecule is O=C1CC(O)CN1c1nc(-c2ccncc2)cs1. The number of aromatic nitrogens is 2. The highest BCUT2D eigenvalue weighted by Crippen LogP contribution is 2.29. The first-order valence-electron chi connectivity index (χ1n) is 5.58. The molecule has 1 amide bonds. The van der Waals surface area contributed by atoms with Crippen LogP contribution in [0, 0.1) is 0 Å². The molecule has 0 aromatic carbocycles. The quantitative estimate of drug-likeness (QED) is 0.885. The summed E-state index contributed by atoms with van der Waals surface area (Å²) in [5, 5.41) is 12.0. The second-order valence-electron chi connectivity index (χ2n) is 4.11. The highest BCUT2D eigenvalue weighted by Gasteiger charge is 2.30. The van der Waals surface area contributed by atoms with Crippen LogP contribution < -0.4 is 4.90 Å². The van der Waals surface area contributed by atoms with Gasteiger partial charge in [0.25, 0.3) is 0 Å². The average molecular weight is 261 g/mol. The van der Waals surface area contributed by atoms with Gasteiger partial charge in [0.1, 0.15) is 0 Å². The lowest BCUT2D eigenvalue weighted by Crippen LogP contribution is -2.24. The van der Waals surface area contributed by atoms with Crippen LogP contribution in [0.25, 0.3) is 11.3 Å². The molecule has 0 bridgehead atoms. The Labute approximate surface area is 108 Å². The van der Waals surface area contributed by atoms with Crippen molar-refractivity contribution in [1.82, 2.24) is 9.97 Å². The monoisotopic (exact) mass is 261 g/mol. The number of hydrogen-bond acceptors (Lipinski definition) is 5. The van der Waals surface area contributed by atoms with Crippen LogP contribution in [0.1, 0.15) is 6.42 Å². The first kappa shape index (κ1) is 11.3. The van der Waals surface area contributed by atoms with E-state index < -0.39 is 6.10 Å². The number of thiazole rings is 1. The van der Waals surface area contributed by atoms with E-state index in [1.807, 2.05) is 17.5 Å². The number of aliphatic hydroxyl groups is 1. The summed E-state index contributed by atoms with van der Waals surface area (Å²) in [5.74, 6) is -0.0712. The summed E-state index contributed by atoms with van der Waals surface area (Å²) in [7, 11) is 0. The molecule has 1 N–H and O–H groups in total. The van der Waals surface area contributed by atoms with Crippen LogP contribution in [0.2, 0.25) is 0 Å². The molecule has 0 saturated carbocycles. The zero-order chi connectivity index (χ0) is 12.5. The van der Waals surface area contributed by atoms with E-state index in [2.05, 4.69) is 9.97 Å². The molecule has 1 fully saturated rings. The lowest BCUT2D eigenvalue weighted by Gasteiger charge is -2.10. The predicted molar refractivity (Wildman–Crippen MR) is 68.3 cm³/mol. The Morgan fingerprint density at radius 1 is 1.39 bits per heavy atom. The van der Waals surface area contributed by atoms with Crippen molar-refractivity contribution < 1.29 is 9.90 Å². The Kier molecular flexibility index (Phi) is 2.81. The lowest BCUT2D eigenvalue weighted by molar-refractivity contribution is -0.117. The fraction of sp³-hybridized carbons (Fsp3) is 0.250. The molecule has 1 aliphatic heterocycles. The minimum atomic E-state index is -0.578. The smallest absolute Gasteiger partial charge is 0.231 e. The molecule has 1 saturated heterocycles. The number of hydrogen-bond donors (Lipinski definition) is 1. The van der Waals surface area contributed by atoms with Gasteiger partial charge in [-0.2, -0.15) is 0 Å². The van der Waals surface area contributed by atoms with Crippen molar-refractivity contribution in [2.75, 3.05) is 11.4 Å². The van der Waals surface area contributed by atoms with Gasteiger partial charge in [-0.25, -0.2) is 4.98 Å². The number of pyridine rings is 1. The van der Waals surface area contributed by atoms with Gasteiger partial charge in [-0.15, -0.1) is 11.3 Å². The van der Waals surface area contributed by atoms with E-state index in [0.29, 0.717) is 11.7 Å². The van der Waals surface area contributed by atoms with E-state index in [1.54, 1.807) is 17.3 Å². The van der Waals surface area contributed by atoms with Gasteiger partial charge in [0.05, 0.1) is 24.8 Å². The number of carbonyl (C=O) groups is 1. The van der Waals surface area contributed by atoms with Crippen LogP contribution >= 0.6 is 11.3 Å². The minimum Gasteiger partial charge on any atom is -0.391 e. The summed E-state index contributed by atoms with van der Waals surface area (Å²) in [6.07, 6.45) is 3.02. The summed E-state index contributed by atoms with van der Waals surface area (Å²) in [5.41, 5.74) is 1.80. The number of carbonyl (C=O) groups excluding carboxylic acids is 1. The second kappa shape index (κ2) is 4.47. The van der Waals surface area contributed by atoms with Crippen LogP contribution in [0.4, 0.5) is 5.13 Å². The van der Waals surface area contributed by atoms with E-state index in [0.717, 1.165) is 11.3 Å². The molecule has 1 aliphatic rings. The van der Waals surface area contributed by atoms with E-state index in [4.69, 9.17) is 0 Å². The molecule has 0 spiro atoms. The van der Waals surface area contributed by atoms with Crippen molar-refractivity contribution in [2.24, 2.45) is 0 Å². The molecule has 2 aromatic rings.